The van der Waals surface area contributed by atoms with Gasteiger partial charge in [0, 0.05) is 11.1 Å². The van der Waals surface area contributed by atoms with E-state index in [1.54, 1.807) is 4.90 Å². The second kappa shape index (κ2) is 13.4. The third-order valence-corrected chi connectivity index (χ3v) is 9.33. The standard InChI is InChI=1S/C24H27S.C6HF5O3S/c1-4-19-17-20(5-2)24(21(6-3)18-19)25(22-13-9-7-10-14-22)23-15-11-8-12-16-23;7-1-2(8)4(10)6(15(12,13)14)5(11)3(1)9/h7-18H,4-6H2,1-3H3;(H,12,13,14)/q+1;/p-1. The van der Waals surface area contributed by atoms with Crippen LogP contribution in [0.1, 0.15) is 37.5 Å². The van der Waals surface area contributed by atoms with Crippen molar-refractivity contribution in [2.24, 2.45) is 0 Å². The molecule has 0 unspecified atom stereocenters. The van der Waals surface area contributed by atoms with E-state index in [1.165, 1.54) is 26.5 Å². The summed E-state index contributed by atoms with van der Waals surface area (Å²) in [4.78, 5) is 1.98. The van der Waals surface area contributed by atoms with E-state index in [-0.39, 0.29) is 10.9 Å². The Balaban J connectivity index is 0.000000252. The van der Waals surface area contributed by atoms with Gasteiger partial charge in [0.1, 0.15) is 15.0 Å². The van der Waals surface area contributed by atoms with E-state index < -0.39 is 44.1 Å². The first kappa shape index (κ1) is 31.3. The number of rotatable bonds is 7. The lowest BCUT2D eigenvalue weighted by Crippen LogP contribution is -2.12. The summed E-state index contributed by atoms with van der Waals surface area (Å²) in [6.45, 7) is 6.83. The number of benzene rings is 4. The van der Waals surface area contributed by atoms with Gasteiger partial charge in [0.2, 0.25) is 5.82 Å². The van der Waals surface area contributed by atoms with Gasteiger partial charge in [-0.05, 0) is 49.1 Å². The lowest BCUT2D eigenvalue weighted by molar-refractivity contribution is 0.350. The second-order valence-corrected chi connectivity index (χ2v) is 11.9. The Bertz CT molecular complexity index is 1480. The summed E-state index contributed by atoms with van der Waals surface area (Å²) < 4.78 is 92.9. The summed E-state index contributed by atoms with van der Waals surface area (Å²) in [6, 6.07) is 26.9. The van der Waals surface area contributed by atoms with E-state index in [0.717, 1.165) is 19.3 Å². The van der Waals surface area contributed by atoms with Gasteiger partial charge in [-0.25, -0.2) is 30.4 Å². The molecule has 0 amide bonds. The van der Waals surface area contributed by atoms with Crippen LogP contribution >= 0.6 is 0 Å². The highest BCUT2D eigenvalue weighted by atomic mass is 32.2. The van der Waals surface area contributed by atoms with Gasteiger partial charge in [-0.1, -0.05) is 69.3 Å². The van der Waals surface area contributed by atoms with Crippen LogP contribution in [0.15, 0.2) is 92.4 Å². The Labute approximate surface area is 233 Å². The zero-order valence-corrected chi connectivity index (χ0v) is 23.6. The van der Waals surface area contributed by atoms with Gasteiger partial charge in [-0.2, -0.15) is 0 Å². The van der Waals surface area contributed by atoms with Gasteiger partial charge in [-0.3, -0.25) is 0 Å². The third kappa shape index (κ3) is 6.74. The maximum absolute atomic E-state index is 12.6. The lowest BCUT2D eigenvalue weighted by Gasteiger charge is -2.16. The highest BCUT2D eigenvalue weighted by molar-refractivity contribution is 7.97. The fourth-order valence-electron chi connectivity index (χ4n) is 4.11. The minimum absolute atomic E-state index is 0.0478. The van der Waals surface area contributed by atoms with Crippen molar-refractivity contribution in [3.05, 3.63) is 119 Å². The molecule has 40 heavy (non-hydrogen) atoms. The quantitative estimate of drug-likeness (QED) is 0.0723. The fourth-order valence-corrected chi connectivity index (χ4v) is 7.26. The zero-order valence-electron chi connectivity index (χ0n) is 22.0. The molecule has 0 saturated carbocycles. The van der Waals surface area contributed by atoms with Crippen LogP contribution in [0, 0.1) is 29.1 Å². The maximum Gasteiger partial charge on any atom is 0.200 e. The Morgan fingerprint density at radius 1 is 0.625 bits per heavy atom. The van der Waals surface area contributed by atoms with Crippen LogP contribution in [0.25, 0.3) is 0 Å². The summed E-state index contributed by atoms with van der Waals surface area (Å²) in [7, 11) is -5.82. The molecule has 10 heteroatoms. The van der Waals surface area contributed by atoms with E-state index in [4.69, 9.17) is 0 Å². The Hall–Kier alpha value is -3.21. The molecule has 0 bridgehead atoms. The molecule has 3 nitrogen and oxygen atoms in total. The molecule has 4 aromatic carbocycles. The monoisotopic (exact) mass is 594 g/mol. The van der Waals surface area contributed by atoms with Gasteiger partial charge < -0.3 is 4.55 Å². The molecule has 0 aromatic heterocycles. The van der Waals surface area contributed by atoms with Crippen molar-refractivity contribution in [3.63, 3.8) is 0 Å². The molecule has 4 rings (SSSR count). The van der Waals surface area contributed by atoms with Gasteiger partial charge in [-0.15, -0.1) is 0 Å². The molecule has 0 radical (unpaired) electrons. The maximum atomic E-state index is 12.6. The predicted molar refractivity (Wildman–Crippen MR) is 144 cm³/mol. The van der Waals surface area contributed by atoms with E-state index in [0.29, 0.717) is 0 Å². The minimum Gasteiger partial charge on any atom is -0.744 e. The first-order valence-corrected chi connectivity index (χ1v) is 15.1. The minimum atomic E-state index is -5.77. The number of aryl methyl sites for hydroxylation is 3. The van der Waals surface area contributed by atoms with E-state index in [9.17, 15) is 34.9 Å². The predicted octanol–water partition coefficient (Wildman–Crippen LogP) is 7.76. The van der Waals surface area contributed by atoms with Crippen LogP contribution in [0.4, 0.5) is 22.0 Å². The summed E-state index contributed by atoms with van der Waals surface area (Å²) in [5.74, 6) is -12.8. The van der Waals surface area contributed by atoms with Gasteiger partial charge in [0.05, 0.1) is 10.9 Å². The fraction of sp³-hybridized carbons (Fsp3) is 0.200. The molecule has 0 heterocycles. The van der Waals surface area contributed by atoms with Crippen molar-refractivity contribution in [3.8, 4) is 0 Å². The zero-order chi connectivity index (χ0) is 29.6. The molecule has 0 fully saturated rings. The SMILES string of the molecule is CCc1cc(CC)c([S+](c2ccccc2)c2ccccc2)c(CC)c1.O=S(=O)([O-])c1c(F)c(F)c(F)c(F)c1F. The number of hydrogen-bond donors (Lipinski definition) is 0. The van der Waals surface area contributed by atoms with Crippen LogP contribution in [0.5, 0.6) is 0 Å². The summed E-state index contributed by atoms with van der Waals surface area (Å²) in [5.41, 5.74) is 4.47. The van der Waals surface area contributed by atoms with Crippen molar-refractivity contribution >= 4 is 21.0 Å². The van der Waals surface area contributed by atoms with Crippen LogP contribution in [0.2, 0.25) is 0 Å². The van der Waals surface area contributed by atoms with E-state index >= 15 is 0 Å². The Morgan fingerprint density at radius 2 is 1.00 bits per heavy atom. The Kier molecular flexibility index (Phi) is 10.5. The normalized spacial score (nSPS) is 11.3. The van der Waals surface area contributed by atoms with Crippen LogP contribution in [0.3, 0.4) is 0 Å². The van der Waals surface area contributed by atoms with E-state index in [2.05, 4.69) is 93.6 Å². The largest absolute Gasteiger partial charge is 0.744 e. The molecule has 0 N–H and O–H groups in total. The molecular weight excluding hydrogens is 567 g/mol. The average Bonchev–Trinajstić information content (AvgIpc) is 2.96. The van der Waals surface area contributed by atoms with Crippen LogP contribution in [-0.2, 0) is 40.3 Å². The Morgan fingerprint density at radius 3 is 1.32 bits per heavy atom. The van der Waals surface area contributed by atoms with Gasteiger partial charge in [0.15, 0.2) is 38.0 Å². The number of halogens is 5. The van der Waals surface area contributed by atoms with Crippen LogP contribution in [-0.4, -0.2) is 13.0 Å². The van der Waals surface area contributed by atoms with Crippen molar-refractivity contribution < 1.29 is 34.9 Å². The first-order chi connectivity index (χ1) is 19.0. The molecule has 0 aliphatic carbocycles. The smallest absolute Gasteiger partial charge is 0.200 e. The third-order valence-electron chi connectivity index (χ3n) is 6.05. The van der Waals surface area contributed by atoms with Crippen molar-refractivity contribution in [2.45, 2.75) is 59.6 Å². The molecule has 0 spiro atoms. The second-order valence-electron chi connectivity index (χ2n) is 8.59. The topological polar surface area (TPSA) is 57.2 Å². The molecular formula is C30H27F5O3S2. The summed E-state index contributed by atoms with van der Waals surface area (Å²) in [5, 5.41) is 0. The van der Waals surface area contributed by atoms with Crippen molar-refractivity contribution in [2.75, 3.05) is 0 Å². The van der Waals surface area contributed by atoms with Crippen molar-refractivity contribution in [1.82, 2.24) is 0 Å². The highest BCUT2D eigenvalue weighted by Gasteiger charge is 2.33. The summed E-state index contributed by atoms with van der Waals surface area (Å²) >= 11 is 0. The molecule has 0 saturated heterocycles. The van der Waals surface area contributed by atoms with Crippen molar-refractivity contribution in [1.29, 1.82) is 0 Å². The molecule has 212 valence electrons. The van der Waals surface area contributed by atoms with Gasteiger partial charge in [0.25, 0.3) is 0 Å². The first-order valence-electron chi connectivity index (χ1n) is 12.4. The number of hydrogen-bond acceptors (Lipinski definition) is 3. The summed E-state index contributed by atoms with van der Waals surface area (Å²) in [6.07, 6.45) is 3.27. The average molecular weight is 595 g/mol. The molecule has 0 atom stereocenters. The molecule has 0 aliphatic heterocycles. The van der Waals surface area contributed by atoms with Gasteiger partial charge >= 0.3 is 0 Å². The molecule has 4 aromatic rings. The van der Waals surface area contributed by atoms with Crippen LogP contribution < -0.4 is 0 Å². The van der Waals surface area contributed by atoms with E-state index in [1.807, 2.05) is 0 Å². The lowest BCUT2D eigenvalue weighted by atomic mass is 10.0. The highest BCUT2D eigenvalue weighted by Crippen LogP contribution is 2.37. The molecule has 0 aliphatic rings.